The van der Waals surface area contributed by atoms with Crippen molar-refractivity contribution in [3.63, 3.8) is 0 Å². The second-order valence-corrected chi connectivity index (χ2v) is 10.2. The van der Waals surface area contributed by atoms with Crippen molar-refractivity contribution in [1.82, 2.24) is 4.90 Å². The summed E-state index contributed by atoms with van der Waals surface area (Å²) in [4.78, 5) is 2.52. The first-order valence-electron chi connectivity index (χ1n) is 10.2. The fourth-order valence-corrected chi connectivity index (χ4v) is 8.06. The molecule has 0 aromatic rings. The van der Waals surface area contributed by atoms with E-state index in [2.05, 4.69) is 32.8 Å². The molecule has 23 heavy (non-hydrogen) atoms. The van der Waals surface area contributed by atoms with Crippen molar-refractivity contribution in [3.05, 3.63) is 0 Å². The van der Waals surface area contributed by atoms with Crippen LogP contribution in [0.15, 0.2) is 0 Å². The lowest BCUT2D eigenvalue weighted by Crippen LogP contribution is -2.55. The third kappa shape index (κ3) is 2.27. The van der Waals surface area contributed by atoms with Crippen LogP contribution >= 0.6 is 0 Å². The van der Waals surface area contributed by atoms with Gasteiger partial charge in [-0.2, -0.15) is 0 Å². The van der Waals surface area contributed by atoms with Gasteiger partial charge in [-0.15, -0.1) is 0 Å². The first kappa shape index (κ1) is 16.4. The standard InChI is InChI=1S/C21H37NO/c1-20-11-9-15(23)13-14(20)5-6-16-17-7-8-19(22(3)4)21(17,2)12-10-18(16)20/h14-19,23H,5-13H2,1-4H3/t14-,15-,16-,17+,18-,19-,20-,21-/m0/s1. The van der Waals surface area contributed by atoms with Gasteiger partial charge < -0.3 is 10.0 Å². The van der Waals surface area contributed by atoms with Gasteiger partial charge in [-0.1, -0.05) is 13.8 Å². The van der Waals surface area contributed by atoms with Crippen LogP contribution in [-0.4, -0.2) is 36.2 Å². The fourth-order valence-electron chi connectivity index (χ4n) is 8.06. The first-order chi connectivity index (χ1) is 10.9. The Balaban J connectivity index is 1.60. The number of hydrogen-bond acceptors (Lipinski definition) is 2. The van der Waals surface area contributed by atoms with Crippen LogP contribution in [0.5, 0.6) is 0 Å². The van der Waals surface area contributed by atoms with Crippen molar-refractivity contribution in [2.75, 3.05) is 14.1 Å². The largest absolute Gasteiger partial charge is 0.393 e. The number of nitrogens with zero attached hydrogens (tertiary/aromatic N) is 1. The van der Waals surface area contributed by atoms with E-state index in [9.17, 15) is 5.11 Å². The van der Waals surface area contributed by atoms with E-state index < -0.39 is 0 Å². The molecule has 0 aromatic heterocycles. The van der Waals surface area contributed by atoms with Gasteiger partial charge in [-0.05, 0) is 106 Å². The molecule has 0 amide bonds. The summed E-state index contributed by atoms with van der Waals surface area (Å²) in [5.74, 6) is 3.66. The van der Waals surface area contributed by atoms with E-state index in [0.29, 0.717) is 10.8 Å². The Morgan fingerprint density at radius 1 is 0.826 bits per heavy atom. The molecule has 2 heteroatoms. The highest BCUT2D eigenvalue weighted by Gasteiger charge is 2.60. The van der Waals surface area contributed by atoms with E-state index in [0.717, 1.165) is 42.6 Å². The lowest BCUT2D eigenvalue weighted by molar-refractivity contribution is -0.127. The Labute approximate surface area is 143 Å². The van der Waals surface area contributed by atoms with E-state index >= 15 is 0 Å². The summed E-state index contributed by atoms with van der Waals surface area (Å²) in [7, 11) is 4.59. The zero-order chi connectivity index (χ0) is 16.4. The minimum absolute atomic E-state index is 0.0110. The lowest BCUT2D eigenvalue weighted by atomic mass is 9.45. The van der Waals surface area contributed by atoms with Crippen molar-refractivity contribution in [1.29, 1.82) is 0 Å². The molecule has 4 saturated carbocycles. The van der Waals surface area contributed by atoms with Crippen molar-refractivity contribution in [2.24, 2.45) is 34.5 Å². The quantitative estimate of drug-likeness (QED) is 0.778. The summed E-state index contributed by atoms with van der Waals surface area (Å²) >= 11 is 0. The molecule has 132 valence electrons. The predicted molar refractivity (Wildman–Crippen MR) is 95.2 cm³/mol. The van der Waals surface area contributed by atoms with Gasteiger partial charge in [-0.25, -0.2) is 0 Å². The van der Waals surface area contributed by atoms with Crippen molar-refractivity contribution < 1.29 is 5.11 Å². The predicted octanol–water partition coefficient (Wildman–Crippen LogP) is 4.32. The third-order valence-corrected chi connectivity index (χ3v) is 9.21. The molecule has 0 unspecified atom stereocenters. The Hall–Kier alpha value is -0.0800. The van der Waals surface area contributed by atoms with Crippen LogP contribution in [0, 0.1) is 34.5 Å². The van der Waals surface area contributed by atoms with Gasteiger partial charge in [0.05, 0.1) is 6.10 Å². The summed E-state index contributed by atoms with van der Waals surface area (Å²) in [6, 6.07) is 0.798. The summed E-state index contributed by atoms with van der Waals surface area (Å²) < 4.78 is 0. The molecule has 4 rings (SSSR count). The zero-order valence-electron chi connectivity index (χ0n) is 15.7. The number of fused-ring (bicyclic) bond motifs is 5. The van der Waals surface area contributed by atoms with E-state index in [-0.39, 0.29) is 6.10 Å². The molecule has 0 aromatic carbocycles. The van der Waals surface area contributed by atoms with Crippen LogP contribution in [-0.2, 0) is 0 Å². The average molecular weight is 320 g/mol. The van der Waals surface area contributed by atoms with E-state index in [1.54, 1.807) is 0 Å². The molecule has 0 bridgehead atoms. The fraction of sp³-hybridized carbons (Fsp3) is 1.00. The van der Waals surface area contributed by atoms with Gasteiger partial charge in [0.25, 0.3) is 0 Å². The molecule has 1 N–H and O–H groups in total. The van der Waals surface area contributed by atoms with Crippen LogP contribution < -0.4 is 0 Å². The van der Waals surface area contributed by atoms with Gasteiger partial charge in [0.1, 0.15) is 0 Å². The van der Waals surface area contributed by atoms with Gasteiger partial charge >= 0.3 is 0 Å². The Morgan fingerprint density at radius 3 is 2.26 bits per heavy atom. The second kappa shape index (κ2) is 5.46. The molecule has 4 aliphatic rings. The maximum Gasteiger partial charge on any atom is 0.0543 e. The second-order valence-electron chi connectivity index (χ2n) is 10.2. The molecule has 0 radical (unpaired) electrons. The Kier molecular flexibility index (Phi) is 3.89. The van der Waals surface area contributed by atoms with Crippen molar-refractivity contribution in [3.8, 4) is 0 Å². The van der Waals surface area contributed by atoms with Gasteiger partial charge in [0, 0.05) is 6.04 Å². The summed E-state index contributed by atoms with van der Waals surface area (Å²) in [5, 5.41) is 10.1. The molecule has 0 spiro atoms. The van der Waals surface area contributed by atoms with Gasteiger partial charge in [0.2, 0.25) is 0 Å². The molecular weight excluding hydrogens is 282 g/mol. The molecule has 8 atom stereocenters. The van der Waals surface area contributed by atoms with Crippen LogP contribution in [0.25, 0.3) is 0 Å². The first-order valence-corrected chi connectivity index (χ1v) is 10.2. The summed E-state index contributed by atoms with van der Waals surface area (Å²) in [6.45, 7) is 5.21. The highest BCUT2D eigenvalue weighted by molar-refractivity contribution is 5.10. The van der Waals surface area contributed by atoms with Crippen LogP contribution in [0.1, 0.15) is 71.6 Å². The van der Waals surface area contributed by atoms with Gasteiger partial charge in [0.15, 0.2) is 0 Å². The Bertz CT molecular complexity index is 463. The van der Waals surface area contributed by atoms with E-state index in [4.69, 9.17) is 0 Å². The summed E-state index contributed by atoms with van der Waals surface area (Å²) in [6.07, 6.45) is 12.0. The smallest absolute Gasteiger partial charge is 0.0543 e. The average Bonchev–Trinajstić information content (AvgIpc) is 2.85. The minimum atomic E-state index is -0.0110. The number of rotatable bonds is 1. The number of aliphatic hydroxyl groups is 1. The minimum Gasteiger partial charge on any atom is -0.393 e. The molecule has 4 fully saturated rings. The molecule has 4 aliphatic carbocycles. The molecule has 0 aliphatic heterocycles. The van der Waals surface area contributed by atoms with Crippen LogP contribution in [0.4, 0.5) is 0 Å². The summed E-state index contributed by atoms with van der Waals surface area (Å²) in [5.41, 5.74) is 1.09. The topological polar surface area (TPSA) is 23.5 Å². The molecule has 2 nitrogen and oxygen atoms in total. The van der Waals surface area contributed by atoms with Crippen molar-refractivity contribution in [2.45, 2.75) is 83.8 Å². The van der Waals surface area contributed by atoms with Crippen LogP contribution in [0.2, 0.25) is 0 Å². The van der Waals surface area contributed by atoms with E-state index in [1.807, 2.05) is 0 Å². The number of hydrogen-bond donors (Lipinski definition) is 1. The SMILES string of the molecule is CN(C)[C@H]1CC[C@@H]2[C@@H]3CC[C@H]4C[C@@H](O)CC[C@]4(C)[C@H]3CC[C@@]21C. The number of aliphatic hydroxyl groups excluding tert-OH is 1. The maximum absolute atomic E-state index is 10.1. The lowest BCUT2D eigenvalue weighted by Gasteiger charge is -2.61. The maximum atomic E-state index is 10.1. The normalized spacial score (nSPS) is 56.1. The van der Waals surface area contributed by atoms with Crippen LogP contribution in [0.3, 0.4) is 0 Å². The molecule has 0 saturated heterocycles. The molecule has 0 heterocycles. The Morgan fingerprint density at radius 2 is 1.52 bits per heavy atom. The highest BCUT2D eigenvalue weighted by atomic mass is 16.3. The van der Waals surface area contributed by atoms with Gasteiger partial charge in [-0.3, -0.25) is 0 Å². The zero-order valence-corrected chi connectivity index (χ0v) is 15.7. The molecular formula is C21H37NO. The third-order valence-electron chi connectivity index (χ3n) is 9.21. The monoisotopic (exact) mass is 319 g/mol. The van der Waals surface area contributed by atoms with Crippen molar-refractivity contribution >= 4 is 0 Å². The van der Waals surface area contributed by atoms with E-state index in [1.165, 1.54) is 44.9 Å². The highest BCUT2D eigenvalue weighted by Crippen LogP contribution is 2.66.